The SMILES string of the molecule is O=C(NCC1CCCN(C(=O)CCc2cnccn2)C1)c1ccc(-c2ccccc2)cc1. The normalized spacial score (nSPS) is 15.9. The number of aryl methyl sites for hydroxylation is 1. The van der Waals surface area contributed by atoms with Crippen molar-refractivity contribution >= 4 is 11.8 Å². The van der Waals surface area contributed by atoms with Crippen LogP contribution in [0.5, 0.6) is 0 Å². The minimum absolute atomic E-state index is 0.0734. The maximum Gasteiger partial charge on any atom is 0.251 e. The summed E-state index contributed by atoms with van der Waals surface area (Å²) in [5, 5.41) is 3.05. The van der Waals surface area contributed by atoms with Crippen LogP contribution in [0.25, 0.3) is 11.1 Å². The monoisotopic (exact) mass is 428 g/mol. The molecular weight excluding hydrogens is 400 g/mol. The molecule has 6 heteroatoms. The molecule has 1 aliphatic rings. The lowest BCUT2D eigenvalue weighted by molar-refractivity contribution is -0.132. The molecule has 2 amide bonds. The highest BCUT2D eigenvalue weighted by Gasteiger charge is 2.24. The molecule has 2 aromatic carbocycles. The Morgan fingerprint density at radius 3 is 2.53 bits per heavy atom. The molecule has 2 heterocycles. The van der Waals surface area contributed by atoms with E-state index in [1.807, 2.05) is 47.4 Å². The lowest BCUT2D eigenvalue weighted by atomic mass is 9.97. The minimum atomic E-state index is -0.0734. The lowest BCUT2D eigenvalue weighted by Crippen LogP contribution is -2.43. The zero-order valence-corrected chi connectivity index (χ0v) is 18.1. The first-order chi connectivity index (χ1) is 15.7. The predicted molar refractivity (Wildman–Crippen MR) is 124 cm³/mol. The van der Waals surface area contributed by atoms with Crippen LogP contribution in [0, 0.1) is 5.92 Å². The quantitative estimate of drug-likeness (QED) is 0.622. The van der Waals surface area contributed by atoms with Gasteiger partial charge in [-0.3, -0.25) is 19.6 Å². The summed E-state index contributed by atoms with van der Waals surface area (Å²) >= 11 is 0. The van der Waals surface area contributed by atoms with Crippen molar-refractivity contribution in [3.63, 3.8) is 0 Å². The van der Waals surface area contributed by atoms with Gasteiger partial charge in [0.15, 0.2) is 0 Å². The summed E-state index contributed by atoms with van der Waals surface area (Å²) in [5.41, 5.74) is 3.70. The van der Waals surface area contributed by atoms with E-state index in [-0.39, 0.29) is 17.7 Å². The van der Waals surface area contributed by atoms with Crippen LogP contribution >= 0.6 is 0 Å². The fourth-order valence-electron chi connectivity index (χ4n) is 4.09. The number of hydrogen-bond donors (Lipinski definition) is 1. The Bertz CT molecular complexity index is 1020. The van der Waals surface area contributed by atoms with Gasteiger partial charge in [0.2, 0.25) is 5.91 Å². The zero-order valence-electron chi connectivity index (χ0n) is 18.1. The Balaban J connectivity index is 1.25. The van der Waals surface area contributed by atoms with Crippen LogP contribution in [-0.2, 0) is 11.2 Å². The van der Waals surface area contributed by atoms with Crippen molar-refractivity contribution in [3.05, 3.63) is 84.4 Å². The van der Waals surface area contributed by atoms with Gasteiger partial charge in [0, 0.05) is 50.2 Å². The Kier molecular flexibility index (Phi) is 7.23. The molecule has 0 saturated carbocycles. The van der Waals surface area contributed by atoms with Gasteiger partial charge in [0.1, 0.15) is 0 Å². The molecule has 1 fully saturated rings. The summed E-state index contributed by atoms with van der Waals surface area (Å²) < 4.78 is 0. The summed E-state index contributed by atoms with van der Waals surface area (Å²) in [6.45, 7) is 2.05. The maximum atomic E-state index is 12.6. The first-order valence-corrected chi connectivity index (χ1v) is 11.2. The van der Waals surface area contributed by atoms with Crippen LogP contribution in [0.1, 0.15) is 35.3 Å². The van der Waals surface area contributed by atoms with Crippen LogP contribution in [0.15, 0.2) is 73.2 Å². The molecule has 3 aromatic rings. The van der Waals surface area contributed by atoms with E-state index in [1.54, 1.807) is 18.6 Å². The number of hydrogen-bond acceptors (Lipinski definition) is 4. The molecule has 1 aliphatic heterocycles. The van der Waals surface area contributed by atoms with Crippen molar-refractivity contribution in [1.29, 1.82) is 0 Å². The summed E-state index contributed by atoms with van der Waals surface area (Å²) in [6, 6.07) is 17.8. The predicted octanol–water partition coefficient (Wildman–Crippen LogP) is 3.74. The number of amides is 2. The van der Waals surface area contributed by atoms with E-state index >= 15 is 0 Å². The average Bonchev–Trinajstić information content (AvgIpc) is 2.87. The van der Waals surface area contributed by atoms with Crippen molar-refractivity contribution in [1.82, 2.24) is 20.2 Å². The maximum absolute atomic E-state index is 12.6. The van der Waals surface area contributed by atoms with Gasteiger partial charge < -0.3 is 10.2 Å². The topological polar surface area (TPSA) is 75.2 Å². The molecule has 0 radical (unpaired) electrons. The highest BCUT2D eigenvalue weighted by Crippen LogP contribution is 2.20. The molecule has 1 saturated heterocycles. The second-order valence-corrected chi connectivity index (χ2v) is 8.20. The van der Waals surface area contributed by atoms with Gasteiger partial charge in [0.25, 0.3) is 5.91 Å². The molecule has 32 heavy (non-hydrogen) atoms. The molecule has 4 rings (SSSR count). The largest absolute Gasteiger partial charge is 0.352 e. The molecule has 0 bridgehead atoms. The van der Waals surface area contributed by atoms with Crippen LogP contribution in [0.4, 0.5) is 0 Å². The number of aromatic nitrogens is 2. The molecule has 164 valence electrons. The smallest absolute Gasteiger partial charge is 0.251 e. The van der Waals surface area contributed by atoms with Gasteiger partial charge in [-0.05, 0) is 48.4 Å². The van der Waals surface area contributed by atoms with Crippen molar-refractivity contribution in [2.45, 2.75) is 25.7 Å². The standard InChI is InChI=1S/C26H28N4O2/c31-25(13-12-24-18-27-14-15-28-24)30-16-4-5-20(19-30)17-29-26(32)23-10-8-22(9-11-23)21-6-2-1-3-7-21/h1-3,6-11,14-15,18,20H,4-5,12-13,16-17,19H2,(H,29,32). The second-order valence-electron chi connectivity index (χ2n) is 8.20. The van der Waals surface area contributed by atoms with Crippen molar-refractivity contribution in [3.8, 4) is 11.1 Å². The minimum Gasteiger partial charge on any atom is -0.352 e. The highest BCUT2D eigenvalue weighted by atomic mass is 16.2. The van der Waals surface area contributed by atoms with Gasteiger partial charge in [-0.1, -0.05) is 42.5 Å². The summed E-state index contributed by atoms with van der Waals surface area (Å²) in [7, 11) is 0. The molecule has 1 aromatic heterocycles. The van der Waals surface area contributed by atoms with Gasteiger partial charge in [-0.2, -0.15) is 0 Å². The highest BCUT2D eigenvalue weighted by molar-refractivity contribution is 5.94. The molecule has 1 N–H and O–H groups in total. The van der Waals surface area contributed by atoms with E-state index in [0.717, 1.165) is 36.2 Å². The number of carbonyl (C=O) groups excluding carboxylic acids is 2. The first kappa shape index (κ1) is 21.7. The number of nitrogens with one attached hydrogen (secondary N) is 1. The lowest BCUT2D eigenvalue weighted by Gasteiger charge is -2.33. The van der Waals surface area contributed by atoms with Crippen LogP contribution in [0.2, 0.25) is 0 Å². The fraction of sp³-hybridized carbons (Fsp3) is 0.308. The summed E-state index contributed by atoms with van der Waals surface area (Å²) in [6.07, 6.45) is 7.99. The molecule has 0 spiro atoms. The van der Waals surface area contributed by atoms with E-state index in [4.69, 9.17) is 0 Å². The Labute approximate surface area is 188 Å². The fourth-order valence-corrected chi connectivity index (χ4v) is 4.09. The number of benzene rings is 2. The van der Waals surface area contributed by atoms with Gasteiger partial charge >= 0.3 is 0 Å². The number of rotatable bonds is 7. The zero-order chi connectivity index (χ0) is 22.2. The van der Waals surface area contributed by atoms with Crippen LogP contribution < -0.4 is 5.32 Å². The van der Waals surface area contributed by atoms with Crippen LogP contribution in [-0.4, -0.2) is 46.3 Å². The summed E-state index contributed by atoms with van der Waals surface area (Å²) in [4.78, 5) is 35.4. The second kappa shape index (κ2) is 10.7. The Morgan fingerprint density at radius 2 is 1.78 bits per heavy atom. The van der Waals surface area contributed by atoms with Crippen molar-refractivity contribution in [2.75, 3.05) is 19.6 Å². The number of carbonyl (C=O) groups is 2. The van der Waals surface area contributed by atoms with Gasteiger partial charge in [-0.15, -0.1) is 0 Å². The number of nitrogens with zero attached hydrogens (tertiary/aromatic N) is 3. The Morgan fingerprint density at radius 1 is 1.00 bits per heavy atom. The number of likely N-dealkylation sites (tertiary alicyclic amines) is 1. The van der Waals surface area contributed by atoms with E-state index < -0.39 is 0 Å². The van der Waals surface area contributed by atoms with E-state index in [0.29, 0.717) is 31.5 Å². The van der Waals surface area contributed by atoms with E-state index in [1.165, 1.54) is 0 Å². The molecule has 0 aliphatic carbocycles. The van der Waals surface area contributed by atoms with Gasteiger partial charge in [-0.25, -0.2) is 0 Å². The molecule has 1 unspecified atom stereocenters. The summed E-state index contributed by atoms with van der Waals surface area (Å²) in [5.74, 6) is 0.343. The van der Waals surface area contributed by atoms with E-state index in [9.17, 15) is 9.59 Å². The van der Waals surface area contributed by atoms with Crippen molar-refractivity contribution < 1.29 is 9.59 Å². The third-order valence-corrected chi connectivity index (χ3v) is 5.89. The number of piperidine rings is 1. The third-order valence-electron chi connectivity index (χ3n) is 5.89. The molecule has 1 atom stereocenters. The molecule has 6 nitrogen and oxygen atoms in total. The molecular formula is C26H28N4O2. The van der Waals surface area contributed by atoms with Gasteiger partial charge in [0.05, 0.1) is 5.69 Å². The van der Waals surface area contributed by atoms with Crippen molar-refractivity contribution in [2.24, 2.45) is 5.92 Å². The Hall–Kier alpha value is -3.54. The first-order valence-electron chi connectivity index (χ1n) is 11.2. The van der Waals surface area contributed by atoms with E-state index in [2.05, 4.69) is 27.4 Å². The third kappa shape index (κ3) is 5.78. The average molecular weight is 429 g/mol. The van der Waals surface area contributed by atoms with Crippen LogP contribution in [0.3, 0.4) is 0 Å².